The smallest absolute Gasteiger partial charge is 0.247 e. The molecule has 264 valence electrons. The minimum absolute atomic E-state index is 0.145. The number of nitrogens with two attached hydrogens (primary N) is 5. The molecule has 0 spiro atoms. The number of pyridine rings is 1. The van der Waals surface area contributed by atoms with Crippen LogP contribution in [0, 0.1) is 5.92 Å². The van der Waals surface area contributed by atoms with Crippen LogP contribution in [0.1, 0.15) is 24.8 Å². The molecule has 0 saturated carbocycles. The van der Waals surface area contributed by atoms with Gasteiger partial charge in [-0.25, -0.2) is 0 Å². The standard InChI is InChI=1S/C36H58N10O2/c1-45(22-16-37,23-17-38)20-14-29(15-21-46(2,24-18-39)25-19-40)34(41)36(48)44-33(13-12-28-8-4-3-5-9-28)35(47)43-31-26-30-10-6-7-11-32(30)42-27-31/h3-11,26-27,29,33-34H,12-25,37-41H2,1-2H3/p+2/t33-,34-/m0/s1. The molecule has 2 amide bonds. The quantitative estimate of drug-likeness (QED) is 0.0763. The number of nitrogens with zero attached hydrogens (tertiary/aromatic N) is 3. The number of anilines is 1. The van der Waals surface area contributed by atoms with E-state index in [-0.39, 0.29) is 17.7 Å². The first-order valence-corrected chi connectivity index (χ1v) is 17.3. The van der Waals surface area contributed by atoms with E-state index in [2.05, 4.69) is 29.7 Å². The SMILES string of the molecule is C[N+](CCN)(CCN)CCC(CC[N+](C)(CCN)CCN)[C@H](N)C(=O)N[C@@H](CCc1ccccc1)C(=O)Nc1cnc2ccccc2c1. The van der Waals surface area contributed by atoms with Crippen molar-refractivity contribution >= 4 is 28.4 Å². The number of nitrogens with one attached hydrogen (secondary N) is 2. The van der Waals surface area contributed by atoms with E-state index in [4.69, 9.17) is 28.7 Å². The van der Waals surface area contributed by atoms with Gasteiger partial charge in [0, 0.05) is 44.4 Å². The predicted octanol–water partition coefficient (Wildman–Crippen LogP) is 0.743. The Morgan fingerprint density at radius 2 is 1.27 bits per heavy atom. The number of aryl methyl sites for hydroxylation is 1. The van der Waals surface area contributed by atoms with Gasteiger partial charge in [0.15, 0.2) is 0 Å². The number of hydrogen-bond acceptors (Lipinski definition) is 8. The summed E-state index contributed by atoms with van der Waals surface area (Å²) >= 11 is 0. The third kappa shape index (κ3) is 12.2. The van der Waals surface area contributed by atoms with E-state index in [0.717, 1.165) is 55.7 Å². The fourth-order valence-electron chi connectivity index (χ4n) is 6.45. The first-order valence-electron chi connectivity index (χ1n) is 17.3. The lowest BCUT2D eigenvalue weighted by Crippen LogP contribution is -2.56. The third-order valence-corrected chi connectivity index (χ3v) is 9.62. The van der Waals surface area contributed by atoms with Gasteiger partial charge in [0.05, 0.1) is 76.8 Å². The summed E-state index contributed by atoms with van der Waals surface area (Å²) in [6, 6.07) is 17.9. The van der Waals surface area contributed by atoms with Crippen molar-refractivity contribution in [2.75, 3.05) is 84.9 Å². The molecule has 2 atom stereocenters. The zero-order valence-electron chi connectivity index (χ0n) is 29.0. The van der Waals surface area contributed by atoms with Gasteiger partial charge in [-0.15, -0.1) is 0 Å². The molecule has 3 rings (SSSR count). The Bertz CT molecular complexity index is 1370. The summed E-state index contributed by atoms with van der Waals surface area (Å²) in [6.07, 6.45) is 4.06. The fourth-order valence-corrected chi connectivity index (χ4v) is 6.45. The molecule has 48 heavy (non-hydrogen) atoms. The van der Waals surface area contributed by atoms with E-state index in [1.165, 1.54) is 0 Å². The van der Waals surface area contributed by atoms with Crippen LogP contribution in [0.5, 0.6) is 0 Å². The molecule has 12 nitrogen and oxygen atoms in total. The summed E-state index contributed by atoms with van der Waals surface area (Å²) in [7, 11) is 4.30. The molecule has 0 aliphatic rings. The van der Waals surface area contributed by atoms with Gasteiger partial charge in [-0.1, -0.05) is 48.5 Å². The predicted molar refractivity (Wildman–Crippen MR) is 196 cm³/mol. The molecule has 0 saturated heterocycles. The second-order valence-electron chi connectivity index (χ2n) is 13.6. The molecule has 0 fully saturated rings. The van der Waals surface area contributed by atoms with Crippen molar-refractivity contribution in [3.05, 3.63) is 72.4 Å². The first-order chi connectivity index (χ1) is 23.0. The van der Waals surface area contributed by atoms with Crippen molar-refractivity contribution in [3.8, 4) is 0 Å². The maximum Gasteiger partial charge on any atom is 0.247 e. The van der Waals surface area contributed by atoms with Crippen LogP contribution in [-0.2, 0) is 16.0 Å². The van der Waals surface area contributed by atoms with Crippen LogP contribution in [0.2, 0.25) is 0 Å². The van der Waals surface area contributed by atoms with Gasteiger partial charge < -0.3 is 48.3 Å². The largest absolute Gasteiger partial charge is 0.343 e. The average Bonchev–Trinajstić information content (AvgIpc) is 3.07. The van der Waals surface area contributed by atoms with E-state index in [1.807, 2.05) is 60.7 Å². The normalized spacial score (nSPS) is 13.4. The van der Waals surface area contributed by atoms with Crippen molar-refractivity contribution in [1.82, 2.24) is 10.3 Å². The van der Waals surface area contributed by atoms with Crippen molar-refractivity contribution in [1.29, 1.82) is 0 Å². The number of carbonyl (C=O) groups is 2. The topological polar surface area (TPSA) is 201 Å². The highest BCUT2D eigenvalue weighted by Crippen LogP contribution is 2.21. The lowest BCUT2D eigenvalue weighted by Gasteiger charge is -2.38. The molecule has 1 aromatic heterocycles. The van der Waals surface area contributed by atoms with Crippen molar-refractivity contribution in [3.63, 3.8) is 0 Å². The van der Waals surface area contributed by atoms with Crippen LogP contribution in [0.3, 0.4) is 0 Å². The van der Waals surface area contributed by atoms with E-state index < -0.39 is 12.1 Å². The minimum atomic E-state index is -0.826. The van der Waals surface area contributed by atoms with Crippen LogP contribution < -0.4 is 39.3 Å². The summed E-state index contributed by atoms with van der Waals surface area (Å²) in [5.41, 5.74) is 33.2. The Labute approximate surface area is 286 Å². The number of fused-ring (bicyclic) bond motifs is 1. The highest BCUT2D eigenvalue weighted by molar-refractivity contribution is 5.99. The summed E-state index contributed by atoms with van der Waals surface area (Å²) < 4.78 is 1.41. The summed E-state index contributed by atoms with van der Waals surface area (Å²) in [6.45, 7) is 6.86. The molecule has 12 N–H and O–H groups in total. The maximum atomic E-state index is 14.0. The Kier molecular flexibility index (Phi) is 15.8. The van der Waals surface area contributed by atoms with Gasteiger partial charge >= 0.3 is 0 Å². The van der Waals surface area contributed by atoms with Crippen molar-refractivity contribution < 1.29 is 18.6 Å². The zero-order valence-corrected chi connectivity index (χ0v) is 29.0. The van der Waals surface area contributed by atoms with Crippen LogP contribution in [0.25, 0.3) is 10.9 Å². The first kappa shape index (κ1) is 39.0. The number of amides is 2. The minimum Gasteiger partial charge on any atom is -0.343 e. The molecular weight excluding hydrogens is 604 g/mol. The van der Waals surface area contributed by atoms with E-state index in [1.54, 1.807) is 6.20 Å². The van der Waals surface area contributed by atoms with Crippen LogP contribution in [0.4, 0.5) is 5.69 Å². The molecular formula is C36H60N10O2+2. The number of rotatable bonds is 22. The number of hydrogen-bond donors (Lipinski definition) is 7. The molecule has 0 aliphatic carbocycles. The van der Waals surface area contributed by atoms with Gasteiger partial charge in [0.2, 0.25) is 11.8 Å². The average molecular weight is 665 g/mol. The maximum absolute atomic E-state index is 14.0. The summed E-state index contributed by atoms with van der Waals surface area (Å²) in [5.74, 6) is -0.803. The second-order valence-corrected chi connectivity index (χ2v) is 13.6. The number of para-hydroxylation sites is 1. The Hall–Kier alpha value is -3.49. The Morgan fingerprint density at radius 3 is 1.83 bits per heavy atom. The third-order valence-electron chi connectivity index (χ3n) is 9.62. The molecule has 12 heteroatoms. The fraction of sp³-hybridized carbons (Fsp3) is 0.528. The molecule has 0 unspecified atom stereocenters. The molecule has 0 radical (unpaired) electrons. The number of carbonyl (C=O) groups excluding carboxylic acids is 2. The lowest BCUT2D eigenvalue weighted by molar-refractivity contribution is -0.909. The lowest BCUT2D eigenvalue weighted by atomic mass is 9.90. The van der Waals surface area contributed by atoms with E-state index in [0.29, 0.717) is 66.5 Å². The van der Waals surface area contributed by atoms with E-state index >= 15 is 0 Å². The second kappa shape index (κ2) is 19.5. The van der Waals surface area contributed by atoms with Gasteiger partial charge in [0.25, 0.3) is 0 Å². The Morgan fingerprint density at radius 1 is 0.729 bits per heavy atom. The van der Waals surface area contributed by atoms with Crippen LogP contribution in [0.15, 0.2) is 66.9 Å². The number of benzene rings is 2. The molecule has 0 aliphatic heterocycles. The van der Waals surface area contributed by atoms with Gasteiger partial charge in [-0.2, -0.15) is 0 Å². The Balaban J connectivity index is 1.82. The number of aromatic nitrogens is 1. The summed E-state index contributed by atoms with van der Waals surface area (Å²) in [4.78, 5) is 32.2. The van der Waals surface area contributed by atoms with Crippen molar-refractivity contribution in [2.24, 2.45) is 34.6 Å². The van der Waals surface area contributed by atoms with E-state index in [9.17, 15) is 9.59 Å². The monoisotopic (exact) mass is 664 g/mol. The number of likely N-dealkylation sites (N-methyl/N-ethyl adjacent to an activating group) is 2. The van der Waals surface area contributed by atoms with Gasteiger partial charge in [-0.3, -0.25) is 14.6 Å². The van der Waals surface area contributed by atoms with Gasteiger partial charge in [0.1, 0.15) is 6.04 Å². The molecule has 3 aromatic rings. The molecule has 1 heterocycles. The highest BCUT2D eigenvalue weighted by Gasteiger charge is 2.33. The van der Waals surface area contributed by atoms with Crippen molar-refractivity contribution in [2.45, 2.75) is 37.8 Å². The highest BCUT2D eigenvalue weighted by atomic mass is 16.2. The molecule has 2 aromatic carbocycles. The zero-order chi connectivity index (χ0) is 35.0. The van der Waals surface area contributed by atoms with Gasteiger partial charge in [-0.05, 0) is 36.5 Å². The van der Waals surface area contributed by atoms with Crippen LogP contribution in [-0.4, -0.2) is 117 Å². The number of quaternary nitrogens is 2. The summed E-state index contributed by atoms with van der Waals surface area (Å²) in [5, 5.41) is 6.93. The molecule has 0 bridgehead atoms. The van der Waals surface area contributed by atoms with Crippen LogP contribution >= 0.6 is 0 Å².